The summed E-state index contributed by atoms with van der Waals surface area (Å²) < 4.78 is 10.8. The molecule has 0 radical (unpaired) electrons. The number of anilines is 1. The van der Waals surface area contributed by atoms with E-state index >= 15 is 0 Å². The van der Waals surface area contributed by atoms with E-state index in [1.54, 1.807) is 12.3 Å². The van der Waals surface area contributed by atoms with Gasteiger partial charge in [-0.1, -0.05) is 6.07 Å². The third-order valence-electron chi connectivity index (χ3n) is 3.79. The highest BCUT2D eigenvalue weighted by Gasteiger charge is 2.15. The number of carbonyl (C=O) groups is 1. The number of carbonyl (C=O) groups excluding carboxylic acids is 1. The quantitative estimate of drug-likeness (QED) is 0.852. The van der Waals surface area contributed by atoms with Gasteiger partial charge in [-0.2, -0.15) is 0 Å². The molecule has 24 heavy (non-hydrogen) atoms. The molecule has 0 aliphatic carbocycles. The fraction of sp³-hybridized carbons (Fsp3) is 0.333. The van der Waals surface area contributed by atoms with Crippen LogP contribution in [0.3, 0.4) is 0 Å². The first-order valence-corrected chi connectivity index (χ1v) is 8.01. The molecule has 0 bridgehead atoms. The van der Waals surface area contributed by atoms with Crippen LogP contribution in [0, 0.1) is 6.92 Å². The molecule has 1 fully saturated rings. The normalized spacial score (nSPS) is 15.0. The molecule has 0 unspecified atom stereocenters. The summed E-state index contributed by atoms with van der Waals surface area (Å²) in [7, 11) is 0. The predicted molar refractivity (Wildman–Crippen MR) is 91.6 cm³/mol. The summed E-state index contributed by atoms with van der Waals surface area (Å²) in [6, 6.07) is 7.56. The van der Waals surface area contributed by atoms with Gasteiger partial charge in [-0.3, -0.25) is 4.79 Å². The Bertz CT molecular complexity index is 718. The topological polar surface area (TPSA) is 67.6 Å². The molecule has 1 aliphatic rings. The lowest BCUT2D eigenvalue weighted by molar-refractivity contribution is -0.116. The molecule has 6 heteroatoms. The molecule has 3 rings (SSSR count). The summed E-state index contributed by atoms with van der Waals surface area (Å²) in [6.07, 6.45) is 4.91. The number of morpholine rings is 1. The van der Waals surface area contributed by atoms with Crippen molar-refractivity contribution in [3.8, 4) is 0 Å². The summed E-state index contributed by atoms with van der Waals surface area (Å²) in [5, 5.41) is 2.89. The van der Waals surface area contributed by atoms with Gasteiger partial charge in [0.2, 0.25) is 5.91 Å². The minimum Gasteiger partial charge on any atom is -0.462 e. The zero-order valence-electron chi connectivity index (χ0n) is 13.7. The van der Waals surface area contributed by atoms with Crippen LogP contribution < -0.4 is 10.2 Å². The molecule has 0 atom stereocenters. The molecular formula is C18H21N3O3. The monoisotopic (exact) mass is 327 g/mol. The number of amides is 1. The number of aromatic nitrogens is 1. The Hall–Kier alpha value is -2.60. The highest BCUT2D eigenvalue weighted by atomic mass is 16.5. The van der Waals surface area contributed by atoms with Crippen LogP contribution >= 0.6 is 0 Å². The Morgan fingerprint density at radius 3 is 2.92 bits per heavy atom. The van der Waals surface area contributed by atoms with Crippen molar-refractivity contribution in [2.45, 2.75) is 13.5 Å². The maximum Gasteiger partial charge on any atom is 0.244 e. The van der Waals surface area contributed by atoms with E-state index in [0.29, 0.717) is 25.5 Å². The van der Waals surface area contributed by atoms with Gasteiger partial charge in [0.25, 0.3) is 0 Å². The Morgan fingerprint density at radius 2 is 2.17 bits per heavy atom. The van der Waals surface area contributed by atoms with E-state index in [1.807, 2.05) is 31.2 Å². The molecular weight excluding hydrogens is 306 g/mol. The van der Waals surface area contributed by atoms with Crippen molar-refractivity contribution in [1.82, 2.24) is 10.3 Å². The molecule has 1 aliphatic heterocycles. The SMILES string of the molecule is Cc1ccc(/C=C\C(=O)NCc2cccnc2N2CCOCC2)o1. The maximum atomic E-state index is 12.0. The second kappa shape index (κ2) is 7.79. The highest BCUT2D eigenvalue weighted by Crippen LogP contribution is 2.18. The molecule has 126 valence electrons. The van der Waals surface area contributed by atoms with Crippen LogP contribution in [-0.4, -0.2) is 37.2 Å². The van der Waals surface area contributed by atoms with Crippen molar-refractivity contribution in [2.24, 2.45) is 0 Å². The molecule has 2 aromatic heterocycles. The number of ether oxygens (including phenoxy) is 1. The van der Waals surface area contributed by atoms with Crippen LogP contribution in [0.1, 0.15) is 17.1 Å². The molecule has 0 aromatic carbocycles. The van der Waals surface area contributed by atoms with Crippen molar-refractivity contribution < 1.29 is 13.9 Å². The van der Waals surface area contributed by atoms with Crippen molar-refractivity contribution in [2.75, 3.05) is 31.2 Å². The largest absolute Gasteiger partial charge is 0.462 e. The maximum absolute atomic E-state index is 12.0. The van der Waals surface area contributed by atoms with Gasteiger partial charge in [0.05, 0.1) is 13.2 Å². The Balaban J connectivity index is 1.60. The summed E-state index contributed by atoms with van der Waals surface area (Å²) in [5.41, 5.74) is 0.995. The average molecular weight is 327 g/mol. The second-order valence-electron chi connectivity index (χ2n) is 5.59. The van der Waals surface area contributed by atoms with Crippen LogP contribution in [0.15, 0.2) is 41.0 Å². The second-order valence-corrected chi connectivity index (χ2v) is 5.59. The number of pyridine rings is 1. The molecule has 6 nitrogen and oxygen atoms in total. The number of hydrogen-bond donors (Lipinski definition) is 1. The summed E-state index contributed by atoms with van der Waals surface area (Å²) in [6.45, 7) is 5.33. The summed E-state index contributed by atoms with van der Waals surface area (Å²) in [4.78, 5) is 18.6. The van der Waals surface area contributed by atoms with Crippen LogP contribution in [0.5, 0.6) is 0 Å². The van der Waals surface area contributed by atoms with E-state index in [0.717, 1.165) is 30.2 Å². The molecule has 1 N–H and O–H groups in total. The van der Waals surface area contributed by atoms with Gasteiger partial charge in [-0.15, -0.1) is 0 Å². The van der Waals surface area contributed by atoms with E-state index < -0.39 is 0 Å². The Morgan fingerprint density at radius 1 is 1.33 bits per heavy atom. The average Bonchev–Trinajstić information content (AvgIpc) is 3.04. The zero-order chi connectivity index (χ0) is 16.8. The Labute approximate surface area is 141 Å². The number of hydrogen-bond acceptors (Lipinski definition) is 5. The van der Waals surface area contributed by atoms with E-state index in [4.69, 9.17) is 9.15 Å². The smallest absolute Gasteiger partial charge is 0.244 e. The van der Waals surface area contributed by atoms with E-state index in [9.17, 15) is 4.79 Å². The van der Waals surface area contributed by atoms with E-state index in [1.165, 1.54) is 6.08 Å². The van der Waals surface area contributed by atoms with Gasteiger partial charge >= 0.3 is 0 Å². The molecule has 2 aromatic rings. The Kier molecular flexibility index (Phi) is 5.28. The molecule has 1 amide bonds. The van der Waals surface area contributed by atoms with E-state index in [2.05, 4.69) is 15.2 Å². The fourth-order valence-electron chi connectivity index (χ4n) is 2.57. The molecule has 0 spiro atoms. The third kappa shape index (κ3) is 4.23. The first kappa shape index (κ1) is 16.3. The van der Waals surface area contributed by atoms with Crippen LogP contribution in [0.25, 0.3) is 6.08 Å². The summed E-state index contributed by atoms with van der Waals surface area (Å²) >= 11 is 0. The standard InChI is InChI=1S/C18H21N3O3/c1-14-4-5-16(24-14)6-7-17(22)20-13-15-3-2-8-19-18(15)21-9-11-23-12-10-21/h2-8H,9-13H2,1H3,(H,20,22)/b7-6-. The van der Waals surface area contributed by atoms with Gasteiger partial charge in [-0.05, 0) is 31.2 Å². The van der Waals surface area contributed by atoms with Crippen molar-refractivity contribution in [1.29, 1.82) is 0 Å². The van der Waals surface area contributed by atoms with E-state index in [-0.39, 0.29) is 5.91 Å². The number of nitrogens with zero attached hydrogens (tertiary/aromatic N) is 2. The van der Waals surface area contributed by atoms with Gasteiger partial charge in [0, 0.05) is 37.5 Å². The number of aryl methyl sites for hydroxylation is 1. The zero-order valence-corrected chi connectivity index (χ0v) is 13.7. The third-order valence-corrected chi connectivity index (χ3v) is 3.79. The van der Waals surface area contributed by atoms with Crippen LogP contribution in [-0.2, 0) is 16.1 Å². The first-order chi connectivity index (χ1) is 11.7. The van der Waals surface area contributed by atoms with Gasteiger partial charge < -0.3 is 19.4 Å². The number of nitrogens with one attached hydrogen (secondary N) is 1. The van der Waals surface area contributed by atoms with Crippen molar-refractivity contribution in [3.63, 3.8) is 0 Å². The lowest BCUT2D eigenvalue weighted by Gasteiger charge is -2.29. The lowest BCUT2D eigenvalue weighted by Crippen LogP contribution is -2.37. The first-order valence-electron chi connectivity index (χ1n) is 8.01. The van der Waals surface area contributed by atoms with Crippen LogP contribution in [0.2, 0.25) is 0 Å². The number of furan rings is 1. The molecule has 0 saturated carbocycles. The minimum atomic E-state index is -0.166. The lowest BCUT2D eigenvalue weighted by atomic mass is 10.2. The molecule has 3 heterocycles. The fourth-order valence-corrected chi connectivity index (χ4v) is 2.57. The number of rotatable bonds is 5. The minimum absolute atomic E-state index is 0.166. The van der Waals surface area contributed by atoms with Gasteiger partial charge in [-0.25, -0.2) is 4.98 Å². The van der Waals surface area contributed by atoms with Crippen LogP contribution in [0.4, 0.5) is 5.82 Å². The highest BCUT2D eigenvalue weighted by molar-refractivity contribution is 5.91. The predicted octanol–water partition coefficient (Wildman–Crippen LogP) is 2.15. The van der Waals surface area contributed by atoms with Gasteiger partial charge in [0.1, 0.15) is 17.3 Å². The van der Waals surface area contributed by atoms with Crippen molar-refractivity contribution in [3.05, 3.63) is 53.6 Å². The van der Waals surface area contributed by atoms with Crippen molar-refractivity contribution >= 4 is 17.8 Å². The summed E-state index contributed by atoms with van der Waals surface area (Å²) in [5.74, 6) is 2.23. The molecule has 1 saturated heterocycles. The van der Waals surface area contributed by atoms with Gasteiger partial charge in [0.15, 0.2) is 0 Å².